The average Bonchev–Trinajstić information content (AvgIpc) is 1.68. The molecule has 0 heterocycles. The quantitative estimate of drug-likeness (QED) is 0.492. The van der Waals surface area contributed by atoms with Crippen LogP contribution in [0.25, 0.3) is 0 Å². The summed E-state index contributed by atoms with van der Waals surface area (Å²) in [6.07, 6.45) is 0.665. The van der Waals surface area contributed by atoms with Crippen molar-refractivity contribution in [2.75, 3.05) is 12.8 Å². The van der Waals surface area contributed by atoms with E-state index in [2.05, 4.69) is 0 Å². The van der Waals surface area contributed by atoms with Crippen molar-refractivity contribution in [3.63, 3.8) is 0 Å². The van der Waals surface area contributed by atoms with Gasteiger partial charge in [-0.2, -0.15) is 0 Å². The first-order valence-electron chi connectivity index (χ1n) is 2.46. The van der Waals surface area contributed by atoms with E-state index in [0.29, 0.717) is 12.8 Å². The molecule has 8 heavy (non-hydrogen) atoms. The van der Waals surface area contributed by atoms with Gasteiger partial charge >= 0.3 is 0 Å². The summed E-state index contributed by atoms with van der Waals surface area (Å²) in [5.74, 6) is 0. The Morgan fingerprint density at radius 1 is 1.50 bits per heavy atom. The molecule has 0 N–H and O–H groups in total. The Morgan fingerprint density at radius 3 is 2.12 bits per heavy atom. The Labute approximate surface area is 61.3 Å². The second kappa shape index (κ2) is 7.71. The first-order valence-corrected chi connectivity index (χ1v) is 3.99. The molecule has 0 bridgehead atoms. The van der Waals surface area contributed by atoms with Crippen molar-refractivity contribution in [1.29, 1.82) is 0 Å². The van der Waals surface area contributed by atoms with Gasteiger partial charge in [0.2, 0.25) is 0 Å². The topological polar surface area (TPSA) is 26.3 Å². The molecule has 0 fully saturated rings. The molecule has 1 unspecified atom stereocenters. The molecule has 2 nitrogen and oxygen atoms in total. The second-order valence-electron chi connectivity index (χ2n) is 1.16. The van der Waals surface area contributed by atoms with Gasteiger partial charge in [-0.3, -0.25) is 4.57 Å². The van der Waals surface area contributed by atoms with Crippen LogP contribution in [0.1, 0.15) is 13.8 Å². The third-order valence-electron chi connectivity index (χ3n) is 0.594. The molecule has 0 aromatic rings. The predicted molar refractivity (Wildman–Crippen MR) is 31.2 cm³/mol. The van der Waals surface area contributed by atoms with Crippen LogP contribution in [0.3, 0.4) is 0 Å². The van der Waals surface area contributed by atoms with E-state index in [4.69, 9.17) is 4.52 Å². The summed E-state index contributed by atoms with van der Waals surface area (Å²) < 4.78 is 15.1. The molecule has 0 aliphatic carbocycles. The maximum atomic E-state index is 10.4. The fourth-order valence-electron chi connectivity index (χ4n) is 0.263. The van der Waals surface area contributed by atoms with Gasteiger partial charge in [-0.15, -0.1) is 0 Å². The molecule has 55 valence electrons. The van der Waals surface area contributed by atoms with E-state index in [1.807, 2.05) is 13.8 Å². The van der Waals surface area contributed by atoms with E-state index in [9.17, 15) is 4.57 Å². The summed E-state index contributed by atoms with van der Waals surface area (Å²) in [4.78, 5) is 0. The summed E-state index contributed by atoms with van der Waals surface area (Å²) >= 11 is 0. The maximum Gasteiger partial charge on any atom is 0.191 e. The first kappa shape index (κ1) is 11.5. The van der Waals surface area contributed by atoms with Crippen molar-refractivity contribution < 1.29 is 26.2 Å². The monoisotopic (exact) mass is 185 g/mol. The Balaban J connectivity index is 0. The number of hydrogen-bond acceptors (Lipinski definition) is 2. The molecular weight excluding hydrogens is 175 g/mol. The third-order valence-corrected chi connectivity index (χ3v) is 1.78. The molecule has 0 aliphatic heterocycles. The first-order chi connectivity index (χ1) is 3.31. The summed E-state index contributed by atoms with van der Waals surface area (Å²) in [5, 5.41) is 0. The van der Waals surface area contributed by atoms with Crippen molar-refractivity contribution in [2.24, 2.45) is 0 Å². The molecule has 0 saturated heterocycles. The average molecular weight is 186 g/mol. The van der Waals surface area contributed by atoms with Crippen LogP contribution in [0.15, 0.2) is 0 Å². The zero-order valence-electron chi connectivity index (χ0n) is 5.03. The fraction of sp³-hybridized carbons (Fsp3) is 1.00. The molecule has 4 heteroatoms. The Kier molecular flexibility index (Phi) is 11.1. The van der Waals surface area contributed by atoms with E-state index < -0.39 is 8.03 Å². The van der Waals surface area contributed by atoms with Gasteiger partial charge in [0.25, 0.3) is 0 Å². The SMILES string of the molecule is CCO[PH](=O)CC.[Cu]. The zero-order valence-corrected chi connectivity index (χ0v) is 6.97. The summed E-state index contributed by atoms with van der Waals surface area (Å²) in [6.45, 7) is 4.28. The van der Waals surface area contributed by atoms with Gasteiger partial charge < -0.3 is 4.52 Å². The summed E-state index contributed by atoms with van der Waals surface area (Å²) in [7, 11) is -1.63. The minimum absolute atomic E-state index is 0. The smallest absolute Gasteiger partial charge is 0.191 e. The number of rotatable bonds is 3. The molecule has 0 saturated carbocycles. The van der Waals surface area contributed by atoms with E-state index in [1.165, 1.54) is 0 Å². The summed E-state index contributed by atoms with van der Waals surface area (Å²) in [5.41, 5.74) is 0. The van der Waals surface area contributed by atoms with Crippen molar-refractivity contribution >= 4 is 8.03 Å². The van der Waals surface area contributed by atoms with Crippen LogP contribution in [-0.2, 0) is 26.2 Å². The molecule has 0 spiro atoms. The zero-order chi connectivity index (χ0) is 5.70. The Morgan fingerprint density at radius 2 is 2.00 bits per heavy atom. The van der Waals surface area contributed by atoms with Gasteiger partial charge in [0.15, 0.2) is 8.03 Å². The van der Waals surface area contributed by atoms with Gasteiger partial charge in [0, 0.05) is 23.2 Å². The fourth-order valence-corrected chi connectivity index (χ4v) is 0.789. The van der Waals surface area contributed by atoms with Gasteiger partial charge in [-0.05, 0) is 6.92 Å². The van der Waals surface area contributed by atoms with Crippen molar-refractivity contribution in [2.45, 2.75) is 13.8 Å². The third kappa shape index (κ3) is 6.71. The van der Waals surface area contributed by atoms with Crippen LogP contribution in [0, 0.1) is 0 Å². The molecule has 0 aromatic heterocycles. The van der Waals surface area contributed by atoms with Crippen LogP contribution >= 0.6 is 8.03 Å². The van der Waals surface area contributed by atoms with E-state index in [0.717, 1.165) is 0 Å². The molecule has 0 aliphatic rings. The maximum absolute atomic E-state index is 10.4. The Bertz CT molecular complexity index is 67.1. The normalized spacial score (nSPS) is 12.2. The predicted octanol–water partition coefficient (Wildman–Crippen LogP) is 1.52. The molecule has 0 aromatic carbocycles. The molecule has 1 atom stereocenters. The van der Waals surface area contributed by atoms with Crippen LogP contribution in [0.2, 0.25) is 0 Å². The minimum atomic E-state index is -1.63. The van der Waals surface area contributed by atoms with E-state index in [-0.39, 0.29) is 17.1 Å². The van der Waals surface area contributed by atoms with Crippen LogP contribution in [0.4, 0.5) is 0 Å². The largest absolute Gasteiger partial charge is 0.331 e. The van der Waals surface area contributed by atoms with Gasteiger partial charge in [-0.25, -0.2) is 0 Å². The van der Waals surface area contributed by atoms with Gasteiger partial charge in [0.05, 0.1) is 6.61 Å². The second-order valence-corrected chi connectivity index (χ2v) is 2.90. The van der Waals surface area contributed by atoms with Gasteiger partial charge in [0.1, 0.15) is 0 Å². The van der Waals surface area contributed by atoms with Crippen molar-refractivity contribution in [1.82, 2.24) is 0 Å². The Hall–Kier alpha value is 0.709. The van der Waals surface area contributed by atoms with Crippen LogP contribution < -0.4 is 0 Å². The standard InChI is InChI=1S/C4H11O2P.Cu/c1-3-6-7(5)4-2;/h7H,3-4H2,1-2H3;. The molecule has 1 radical (unpaired) electrons. The van der Waals surface area contributed by atoms with E-state index in [1.54, 1.807) is 0 Å². The van der Waals surface area contributed by atoms with Gasteiger partial charge in [-0.1, -0.05) is 6.92 Å². The molecular formula is C4H11CuO2P. The van der Waals surface area contributed by atoms with Crippen LogP contribution in [-0.4, -0.2) is 12.8 Å². The van der Waals surface area contributed by atoms with E-state index >= 15 is 0 Å². The van der Waals surface area contributed by atoms with Crippen molar-refractivity contribution in [3.05, 3.63) is 0 Å². The molecule has 0 rings (SSSR count). The summed E-state index contributed by atoms with van der Waals surface area (Å²) in [6, 6.07) is 0. The molecule has 0 amide bonds. The van der Waals surface area contributed by atoms with Crippen molar-refractivity contribution in [3.8, 4) is 0 Å². The number of hydrogen-bond donors (Lipinski definition) is 0. The van der Waals surface area contributed by atoms with Crippen LogP contribution in [0.5, 0.6) is 0 Å². The minimum Gasteiger partial charge on any atom is -0.331 e.